The molecule has 2 N–H and O–H groups in total. The van der Waals surface area contributed by atoms with Crippen LogP contribution in [0.1, 0.15) is 10.5 Å². The third-order valence-corrected chi connectivity index (χ3v) is 3.22. The molecule has 0 aliphatic carbocycles. The van der Waals surface area contributed by atoms with Crippen molar-refractivity contribution in [2.45, 2.75) is 0 Å². The van der Waals surface area contributed by atoms with Gasteiger partial charge in [0.05, 0.1) is 5.52 Å². The van der Waals surface area contributed by atoms with E-state index in [2.05, 4.69) is 22.3 Å². The van der Waals surface area contributed by atoms with Gasteiger partial charge in [-0.2, -0.15) is 0 Å². The van der Waals surface area contributed by atoms with Gasteiger partial charge in [0.25, 0.3) is 5.91 Å². The van der Waals surface area contributed by atoms with Crippen molar-refractivity contribution in [3.05, 3.63) is 54.7 Å². The van der Waals surface area contributed by atoms with Crippen molar-refractivity contribution in [2.75, 3.05) is 13.6 Å². The molecular weight excluding hydrogens is 284 g/mol. The molecule has 0 aliphatic heterocycles. The number of pyridine rings is 1. The molecule has 108 valence electrons. The summed E-state index contributed by atoms with van der Waals surface area (Å²) < 4.78 is 0. The van der Waals surface area contributed by atoms with Crippen molar-refractivity contribution in [3.8, 4) is 0 Å². The molecule has 0 atom stereocenters. The predicted octanol–water partition coefficient (Wildman–Crippen LogP) is 1.87. The molecule has 2 rings (SSSR count). The summed E-state index contributed by atoms with van der Waals surface area (Å²) in [5.41, 5.74) is 3.78. The maximum absolute atomic E-state index is 12.2. The predicted molar refractivity (Wildman–Crippen MR) is 87.8 cm³/mol. The van der Waals surface area contributed by atoms with Crippen LogP contribution < -0.4 is 10.7 Å². The molecule has 0 saturated carbocycles. The molecule has 1 aromatic heterocycles. The van der Waals surface area contributed by atoms with E-state index >= 15 is 0 Å². The lowest BCUT2D eigenvalue weighted by Gasteiger charge is -2.21. The van der Waals surface area contributed by atoms with Crippen LogP contribution in [0.2, 0.25) is 0 Å². The van der Waals surface area contributed by atoms with Gasteiger partial charge in [-0.15, -0.1) is 6.58 Å². The molecule has 5 nitrogen and oxygen atoms in total. The minimum atomic E-state index is -0.314. The van der Waals surface area contributed by atoms with E-state index in [1.165, 1.54) is 5.01 Å². The highest BCUT2D eigenvalue weighted by molar-refractivity contribution is 7.80. The number of para-hydroxylation sites is 1. The monoisotopic (exact) mass is 300 g/mol. The topological polar surface area (TPSA) is 57.3 Å². The Morgan fingerprint density at radius 2 is 2.14 bits per heavy atom. The average Bonchev–Trinajstić information content (AvgIpc) is 2.51. The first-order chi connectivity index (χ1) is 10.1. The molecule has 0 unspecified atom stereocenters. The highest BCUT2D eigenvalue weighted by Gasteiger charge is 2.11. The van der Waals surface area contributed by atoms with Gasteiger partial charge in [-0.05, 0) is 24.4 Å². The average molecular weight is 300 g/mol. The molecular formula is C15H16N4OS. The van der Waals surface area contributed by atoms with Crippen LogP contribution in [0.25, 0.3) is 10.9 Å². The van der Waals surface area contributed by atoms with Crippen LogP contribution in [0.5, 0.6) is 0 Å². The fourth-order valence-electron chi connectivity index (χ4n) is 1.73. The lowest BCUT2D eigenvalue weighted by Crippen LogP contribution is -2.48. The molecule has 1 amide bonds. The number of thiocarbonyl (C=S) groups is 1. The SMILES string of the molecule is C=CCNC(=S)N(C)NC(=O)c1ccc2ccccc2n1. The first-order valence-electron chi connectivity index (χ1n) is 6.41. The number of carbonyl (C=O) groups is 1. The van der Waals surface area contributed by atoms with Crippen LogP contribution in [0, 0.1) is 0 Å². The number of aromatic nitrogens is 1. The van der Waals surface area contributed by atoms with Crippen molar-refractivity contribution < 1.29 is 4.79 Å². The molecule has 6 heteroatoms. The zero-order valence-corrected chi connectivity index (χ0v) is 12.5. The van der Waals surface area contributed by atoms with Crippen molar-refractivity contribution >= 4 is 34.1 Å². The molecule has 1 heterocycles. The summed E-state index contributed by atoms with van der Waals surface area (Å²) in [6, 6.07) is 11.2. The normalized spacial score (nSPS) is 9.95. The van der Waals surface area contributed by atoms with Crippen molar-refractivity contribution in [1.82, 2.24) is 20.7 Å². The van der Waals surface area contributed by atoms with Crippen LogP contribution in [0.4, 0.5) is 0 Å². The third kappa shape index (κ3) is 3.76. The van der Waals surface area contributed by atoms with E-state index in [4.69, 9.17) is 12.2 Å². The summed E-state index contributed by atoms with van der Waals surface area (Å²) in [7, 11) is 1.66. The quantitative estimate of drug-likeness (QED) is 0.515. The van der Waals surface area contributed by atoms with Gasteiger partial charge in [-0.3, -0.25) is 15.2 Å². The highest BCUT2D eigenvalue weighted by Crippen LogP contribution is 2.11. The number of hydrogen-bond acceptors (Lipinski definition) is 3. The Morgan fingerprint density at radius 1 is 1.38 bits per heavy atom. The third-order valence-electron chi connectivity index (χ3n) is 2.80. The largest absolute Gasteiger partial charge is 0.358 e. The van der Waals surface area contributed by atoms with E-state index in [1.54, 1.807) is 19.2 Å². The van der Waals surface area contributed by atoms with E-state index < -0.39 is 0 Å². The van der Waals surface area contributed by atoms with Gasteiger partial charge in [0, 0.05) is 19.0 Å². The zero-order chi connectivity index (χ0) is 15.2. The Hall–Kier alpha value is -2.47. The second-order valence-electron chi connectivity index (χ2n) is 4.36. The molecule has 0 radical (unpaired) electrons. The van der Waals surface area contributed by atoms with Crippen LogP contribution in [0.3, 0.4) is 0 Å². The summed E-state index contributed by atoms with van der Waals surface area (Å²) >= 11 is 5.12. The van der Waals surface area contributed by atoms with E-state index in [0.29, 0.717) is 17.4 Å². The molecule has 0 spiro atoms. The Bertz CT molecular complexity index is 686. The van der Waals surface area contributed by atoms with Gasteiger partial charge < -0.3 is 5.32 Å². The van der Waals surface area contributed by atoms with Crippen LogP contribution in [-0.4, -0.2) is 34.6 Å². The van der Waals surface area contributed by atoms with E-state index in [0.717, 1.165) is 10.9 Å². The molecule has 0 fully saturated rings. The van der Waals surface area contributed by atoms with Crippen LogP contribution >= 0.6 is 12.2 Å². The number of nitrogens with one attached hydrogen (secondary N) is 2. The summed E-state index contributed by atoms with van der Waals surface area (Å²) in [5.74, 6) is -0.314. The van der Waals surface area contributed by atoms with E-state index in [1.807, 2.05) is 30.3 Å². The zero-order valence-electron chi connectivity index (χ0n) is 11.7. The van der Waals surface area contributed by atoms with Crippen molar-refractivity contribution in [1.29, 1.82) is 0 Å². The molecule has 0 aliphatic rings. The molecule has 21 heavy (non-hydrogen) atoms. The number of carbonyl (C=O) groups excluding carboxylic acids is 1. The number of amides is 1. The lowest BCUT2D eigenvalue weighted by atomic mass is 10.2. The Balaban J connectivity index is 2.07. The Kier molecular flexibility index (Phi) is 4.84. The van der Waals surface area contributed by atoms with E-state index in [9.17, 15) is 4.79 Å². The van der Waals surface area contributed by atoms with Crippen molar-refractivity contribution in [2.24, 2.45) is 0 Å². The van der Waals surface area contributed by atoms with E-state index in [-0.39, 0.29) is 5.91 Å². The molecule has 0 bridgehead atoms. The second-order valence-corrected chi connectivity index (χ2v) is 4.75. The number of rotatable bonds is 3. The number of nitrogens with zero attached hydrogens (tertiary/aromatic N) is 2. The van der Waals surface area contributed by atoms with Crippen LogP contribution in [0.15, 0.2) is 49.1 Å². The maximum Gasteiger partial charge on any atom is 0.288 e. The van der Waals surface area contributed by atoms with Gasteiger partial charge >= 0.3 is 0 Å². The molecule has 1 aromatic carbocycles. The highest BCUT2D eigenvalue weighted by atomic mass is 32.1. The fourth-order valence-corrected chi connectivity index (χ4v) is 1.86. The molecule has 2 aromatic rings. The van der Waals surface area contributed by atoms with Gasteiger partial charge in [0.15, 0.2) is 5.11 Å². The molecule has 0 saturated heterocycles. The summed E-state index contributed by atoms with van der Waals surface area (Å²) in [4.78, 5) is 16.5. The lowest BCUT2D eigenvalue weighted by molar-refractivity contribution is 0.0881. The summed E-state index contributed by atoms with van der Waals surface area (Å²) in [6.07, 6.45) is 1.69. The number of hydrazine groups is 1. The van der Waals surface area contributed by atoms with Gasteiger partial charge in [0.1, 0.15) is 5.69 Å². The number of hydrogen-bond donors (Lipinski definition) is 2. The van der Waals surface area contributed by atoms with Gasteiger partial charge in [0.2, 0.25) is 0 Å². The summed E-state index contributed by atoms with van der Waals surface area (Å²) in [6.45, 7) is 4.13. The van der Waals surface area contributed by atoms with Gasteiger partial charge in [-0.25, -0.2) is 4.98 Å². The standard InChI is InChI=1S/C15H16N4OS/c1-3-10-16-15(21)19(2)18-14(20)13-9-8-11-6-4-5-7-12(11)17-13/h3-9H,1,10H2,2H3,(H,16,21)(H,18,20). The fraction of sp³-hybridized carbons (Fsp3) is 0.133. The second kappa shape index (κ2) is 6.81. The number of fused-ring (bicyclic) bond motifs is 1. The summed E-state index contributed by atoms with van der Waals surface area (Å²) in [5, 5.41) is 5.76. The maximum atomic E-state index is 12.2. The first-order valence-corrected chi connectivity index (χ1v) is 6.82. The van der Waals surface area contributed by atoms with Crippen molar-refractivity contribution in [3.63, 3.8) is 0 Å². The Morgan fingerprint density at radius 3 is 2.90 bits per heavy atom. The first kappa shape index (κ1) is 14.9. The smallest absolute Gasteiger partial charge is 0.288 e. The van der Waals surface area contributed by atoms with Crippen LogP contribution in [-0.2, 0) is 0 Å². The number of benzene rings is 1. The van der Waals surface area contributed by atoms with Gasteiger partial charge in [-0.1, -0.05) is 30.3 Å². The minimum absolute atomic E-state index is 0.314. The minimum Gasteiger partial charge on any atom is -0.358 e. The Labute approximate surface area is 128 Å².